The molecule has 0 saturated carbocycles. The van der Waals surface area contributed by atoms with E-state index in [2.05, 4.69) is 61.8 Å². The topological polar surface area (TPSA) is 104 Å². The molecule has 0 atom stereocenters. The highest BCUT2D eigenvalue weighted by molar-refractivity contribution is 5.87. The maximum atomic E-state index is 12.2. The van der Waals surface area contributed by atoms with Gasteiger partial charge >= 0.3 is 0 Å². The van der Waals surface area contributed by atoms with E-state index in [0.717, 1.165) is 56.3 Å². The lowest BCUT2D eigenvalue weighted by Gasteiger charge is -2.28. The zero-order chi connectivity index (χ0) is 27.5. The number of carbonyl (C=O) groups is 1. The zero-order valence-corrected chi connectivity index (χ0v) is 23.0. The summed E-state index contributed by atoms with van der Waals surface area (Å²) in [5.41, 5.74) is 5.43. The number of imidazole rings is 1. The summed E-state index contributed by atoms with van der Waals surface area (Å²) in [6.07, 6.45) is 3.33. The van der Waals surface area contributed by atoms with Crippen molar-refractivity contribution in [2.45, 2.75) is 19.4 Å². The van der Waals surface area contributed by atoms with E-state index in [1.165, 1.54) is 5.69 Å². The van der Waals surface area contributed by atoms with Crippen LogP contribution >= 0.6 is 0 Å². The minimum atomic E-state index is 0.213. The van der Waals surface area contributed by atoms with Crippen LogP contribution in [-0.4, -0.2) is 83.8 Å². The summed E-state index contributed by atoms with van der Waals surface area (Å²) in [6.45, 7) is 5.34. The van der Waals surface area contributed by atoms with Crippen molar-refractivity contribution < 1.29 is 9.53 Å². The number of nitrogens with one attached hydrogen (secondary N) is 2. The van der Waals surface area contributed by atoms with Crippen LogP contribution in [0.4, 0.5) is 34.5 Å². The molecule has 2 N–H and O–H groups in total. The first-order chi connectivity index (χ1) is 19.5. The standard InChI is InChI=1S/C29H35N9O2/c1-35(2)24-6-3-5-22(19-24)32-29-33-27(31-21-8-10-23(11-9-21)36-15-17-40-18-16-36)26-28(34-29)38(20-30-26)14-13-37-12-4-7-25(37)39/h3,5-6,8-11,19-20H,4,7,12-18H2,1-2H3,(H2,31,32,33,34). The van der Waals surface area contributed by atoms with E-state index in [-0.39, 0.29) is 5.91 Å². The first kappa shape index (κ1) is 25.9. The summed E-state index contributed by atoms with van der Waals surface area (Å²) in [4.78, 5) is 32.8. The molecule has 0 aliphatic carbocycles. The van der Waals surface area contributed by atoms with Gasteiger partial charge in [0.25, 0.3) is 0 Å². The number of rotatable bonds is 9. The number of hydrogen-bond donors (Lipinski definition) is 2. The fourth-order valence-electron chi connectivity index (χ4n) is 5.12. The minimum Gasteiger partial charge on any atom is -0.378 e. The normalized spacial score (nSPS) is 15.6. The van der Waals surface area contributed by atoms with Crippen molar-refractivity contribution in [3.63, 3.8) is 0 Å². The molecule has 11 heteroatoms. The van der Waals surface area contributed by atoms with Crippen LogP contribution in [0.5, 0.6) is 0 Å². The largest absolute Gasteiger partial charge is 0.378 e. The third-order valence-corrected chi connectivity index (χ3v) is 7.37. The van der Waals surface area contributed by atoms with Gasteiger partial charge in [-0.05, 0) is 48.9 Å². The van der Waals surface area contributed by atoms with Gasteiger partial charge in [0.05, 0.1) is 19.5 Å². The maximum Gasteiger partial charge on any atom is 0.231 e. The Balaban J connectivity index is 1.30. The molecule has 0 bridgehead atoms. The number of benzene rings is 2. The van der Waals surface area contributed by atoms with Gasteiger partial charge in [0, 0.05) is 76.0 Å². The van der Waals surface area contributed by atoms with Crippen molar-refractivity contribution in [3.8, 4) is 0 Å². The minimum absolute atomic E-state index is 0.213. The lowest BCUT2D eigenvalue weighted by atomic mass is 10.2. The number of nitrogens with zero attached hydrogens (tertiary/aromatic N) is 7. The fraction of sp³-hybridized carbons (Fsp3) is 0.379. The first-order valence-corrected chi connectivity index (χ1v) is 13.8. The third kappa shape index (κ3) is 5.64. The van der Waals surface area contributed by atoms with E-state index in [9.17, 15) is 4.79 Å². The number of fused-ring (bicyclic) bond motifs is 1. The summed E-state index contributed by atoms with van der Waals surface area (Å²) < 4.78 is 7.48. The van der Waals surface area contributed by atoms with E-state index >= 15 is 0 Å². The number of aromatic nitrogens is 4. The first-order valence-electron chi connectivity index (χ1n) is 13.8. The lowest BCUT2D eigenvalue weighted by Crippen LogP contribution is -2.36. The van der Waals surface area contributed by atoms with Crippen molar-refractivity contribution in [1.82, 2.24) is 24.4 Å². The number of amides is 1. The molecule has 0 radical (unpaired) electrons. The van der Waals surface area contributed by atoms with Crippen LogP contribution in [0.1, 0.15) is 12.8 Å². The van der Waals surface area contributed by atoms with Gasteiger partial charge in [-0.15, -0.1) is 0 Å². The number of anilines is 6. The molecule has 208 valence electrons. The Hall–Kier alpha value is -4.38. The van der Waals surface area contributed by atoms with Gasteiger partial charge in [-0.25, -0.2) is 4.98 Å². The second-order valence-corrected chi connectivity index (χ2v) is 10.3. The highest BCUT2D eigenvalue weighted by Gasteiger charge is 2.21. The van der Waals surface area contributed by atoms with Crippen molar-refractivity contribution >= 4 is 51.6 Å². The number of likely N-dealkylation sites (tertiary alicyclic amines) is 1. The summed E-state index contributed by atoms with van der Waals surface area (Å²) >= 11 is 0. The van der Waals surface area contributed by atoms with Gasteiger partial charge in [0.2, 0.25) is 11.9 Å². The third-order valence-electron chi connectivity index (χ3n) is 7.37. The fourth-order valence-corrected chi connectivity index (χ4v) is 5.12. The number of carbonyl (C=O) groups excluding carboxylic acids is 1. The average Bonchev–Trinajstić information content (AvgIpc) is 3.58. The molecule has 1 amide bonds. The van der Waals surface area contributed by atoms with Gasteiger partial charge in [-0.1, -0.05) is 6.07 Å². The van der Waals surface area contributed by atoms with E-state index in [0.29, 0.717) is 42.4 Å². The van der Waals surface area contributed by atoms with Crippen LogP contribution in [-0.2, 0) is 16.1 Å². The van der Waals surface area contributed by atoms with Crippen molar-refractivity contribution in [1.29, 1.82) is 0 Å². The molecule has 2 fully saturated rings. The molecular formula is C29H35N9O2. The lowest BCUT2D eigenvalue weighted by molar-refractivity contribution is -0.127. The number of hydrogen-bond acceptors (Lipinski definition) is 9. The second kappa shape index (κ2) is 11.4. The predicted molar refractivity (Wildman–Crippen MR) is 158 cm³/mol. The molecule has 6 rings (SSSR count). The Kier molecular flexibility index (Phi) is 7.37. The molecule has 4 heterocycles. The number of morpholine rings is 1. The molecule has 0 unspecified atom stereocenters. The van der Waals surface area contributed by atoms with Crippen LogP contribution in [0.25, 0.3) is 11.2 Å². The summed E-state index contributed by atoms with van der Waals surface area (Å²) in [6, 6.07) is 16.5. The van der Waals surface area contributed by atoms with Crippen molar-refractivity contribution in [3.05, 3.63) is 54.9 Å². The second-order valence-electron chi connectivity index (χ2n) is 10.3. The predicted octanol–water partition coefficient (Wildman–Crippen LogP) is 3.84. The molecule has 4 aromatic rings. The Morgan fingerprint density at radius 2 is 1.77 bits per heavy atom. The van der Waals surface area contributed by atoms with Gasteiger partial charge in [-0.2, -0.15) is 9.97 Å². The van der Waals surface area contributed by atoms with Crippen LogP contribution in [0.15, 0.2) is 54.9 Å². The highest BCUT2D eigenvalue weighted by atomic mass is 16.5. The van der Waals surface area contributed by atoms with Gasteiger partial charge in [-0.3, -0.25) is 4.79 Å². The Labute approximate surface area is 233 Å². The average molecular weight is 542 g/mol. The van der Waals surface area contributed by atoms with Crippen LogP contribution in [0, 0.1) is 0 Å². The molecule has 2 saturated heterocycles. The van der Waals surface area contributed by atoms with Crippen LogP contribution in [0.3, 0.4) is 0 Å². The Bertz CT molecular complexity index is 1480. The molecule has 2 aliphatic rings. The summed E-state index contributed by atoms with van der Waals surface area (Å²) in [5.74, 6) is 1.30. The van der Waals surface area contributed by atoms with Gasteiger partial charge in [0.15, 0.2) is 17.0 Å². The van der Waals surface area contributed by atoms with E-state index in [1.54, 1.807) is 6.33 Å². The van der Waals surface area contributed by atoms with Crippen LogP contribution in [0.2, 0.25) is 0 Å². The summed E-state index contributed by atoms with van der Waals surface area (Å²) in [5, 5.41) is 6.85. The van der Waals surface area contributed by atoms with Crippen molar-refractivity contribution in [2.24, 2.45) is 0 Å². The van der Waals surface area contributed by atoms with Crippen LogP contribution < -0.4 is 20.4 Å². The maximum absolute atomic E-state index is 12.2. The quantitative estimate of drug-likeness (QED) is 0.327. The molecule has 40 heavy (non-hydrogen) atoms. The highest BCUT2D eigenvalue weighted by Crippen LogP contribution is 2.28. The Morgan fingerprint density at radius 3 is 2.52 bits per heavy atom. The van der Waals surface area contributed by atoms with E-state index in [4.69, 9.17) is 14.7 Å². The SMILES string of the molecule is CN(C)c1cccc(Nc2nc(Nc3ccc(N4CCOCC4)cc3)c3ncn(CCN4CCCC4=O)c3n2)c1. The van der Waals surface area contributed by atoms with Gasteiger partial charge in [0.1, 0.15) is 0 Å². The Morgan fingerprint density at radius 1 is 0.950 bits per heavy atom. The van der Waals surface area contributed by atoms with Crippen molar-refractivity contribution in [2.75, 3.05) is 73.9 Å². The zero-order valence-electron chi connectivity index (χ0n) is 23.0. The molecular weight excluding hydrogens is 506 g/mol. The monoisotopic (exact) mass is 541 g/mol. The molecule has 0 spiro atoms. The summed E-state index contributed by atoms with van der Waals surface area (Å²) in [7, 11) is 4.02. The smallest absolute Gasteiger partial charge is 0.231 e. The van der Waals surface area contributed by atoms with Gasteiger partial charge < -0.3 is 34.6 Å². The number of ether oxygens (including phenoxy) is 1. The molecule has 11 nitrogen and oxygen atoms in total. The molecule has 2 aromatic heterocycles. The van der Waals surface area contributed by atoms with E-state index in [1.807, 2.05) is 35.7 Å². The van der Waals surface area contributed by atoms with E-state index < -0.39 is 0 Å². The molecule has 2 aliphatic heterocycles. The molecule has 2 aromatic carbocycles.